The molecule has 0 saturated heterocycles. The third-order valence-corrected chi connectivity index (χ3v) is 5.72. The summed E-state index contributed by atoms with van der Waals surface area (Å²) in [6.45, 7) is 1.47. The number of carbonyl (C=O) groups excluding carboxylic acids is 2. The van der Waals surface area contributed by atoms with Crippen LogP contribution < -0.4 is 5.32 Å². The van der Waals surface area contributed by atoms with Gasteiger partial charge in [0.15, 0.2) is 0 Å². The zero-order chi connectivity index (χ0) is 19.7. The SMILES string of the molecule is COC(=O)c1c(NC(=O)c2ccc(Cl)c([N+](=O)[O-])c2)sc2c1CCN(C)C2. The first-order valence-corrected chi connectivity index (χ1v) is 9.18. The molecule has 1 amide bonds. The normalized spacial score (nSPS) is 13.7. The minimum atomic E-state index is -0.654. The van der Waals surface area contributed by atoms with Gasteiger partial charge in [-0.05, 0) is 31.2 Å². The summed E-state index contributed by atoms with van der Waals surface area (Å²) < 4.78 is 4.88. The van der Waals surface area contributed by atoms with E-state index in [2.05, 4.69) is 10.2 Å². The van der Waals surface area contributed by atoms with Crippen LogP contribution in [0.25, 0.3) is 0 Å². The van der Waals surface area contributed by atoms with Gasteiger partial charge in [0.05, 0.1) is 17.6 Å². The molecule has 10 heteroatoms. The molecule has 0 atom stereocenters. The molecule has 8 nitrogen and oxygen atoms in total. The first kappa shape index (κ1) is 19.3. The fourth-order valence-corrected chi connectivity index (χ4v) is 4.40. The van der Waals surface area contributed by atoms with Crippen LogP contribution in [0.2, 0.25) is 5.02 Å². The zero-order valence-electron chi connectivity index (χ0n) is 14.6. The number of thiophene rings is 1. The summed E-state index contributed by atoms with van der Waals surface area (Å²) in [5.74, 6) is -1.08. The van der Waals surface area contributed by atoms with E-state index in [1.807, 2.05) is 7.05 Å². The number of ether oxygens (including phenoxy) is 1. The van der Waals surface area contributed by atoms with Crippen LogP contribution in [0, 0.1) is 10.1 Å². The number of nitrogens with one attached hydrogen (secondary N) is 1. The summed E-state index contributed by atoms with van der Waals surface area (Å²) in [4.78, 5) is 38.4. The van der Waals surface area contributed by atoms with Crippen molar-refractivity contribution in [3.63, 3.8) is 0 Å². The number of likely N-dealkylation sites (N-methyl/N-ethyl adjacent to an activating group) is 1. The minimum absolute atomic E-state index is 0.0542. The van der Waals surface area contributed by atoms with Gasteiger partial charge in [-0.1, -0.05) is 11.6 Å². The standard InChI is InChI=1S/C17H16ClN3O5S/c1-20-6-5-10-13(8-20)27-16(14(10)17(23)26-2)19-15(22)9-3-4-11(18)12(7-9)21(24)25/h3-4,7H,5-6,8H2,1-2H3,(H,19,22). The highest BCUT2D eigenvalue weighted by atomic mass is 35.5. The number of anilines is 1. The van der Waals surface area contributed by atoms with E-state index in [-0.39, 0.29) is 16.3 Å². The molecule has 3 rings (SSSR count). The van der Waals surface area contributed by atoms with Crippen molar-refractivity contribution in [1.29, 1.82) is 0 Å². The first-order valence-electron chi connectivity index (χ1n) is 7.98. The summed E-state index contributed by atoms with van der Waals surface area (Å²) in [6.07, 6.45) is 0.676. The van der Waals surface area contributed by atoms with Crippen LogP contribution in [0.1, 0.15) is 31.2 Å². The number of nitrogens with zero attached hydrogens (tertiary/aromatic N) is 2. The van der Waals surface area contributed by atoms with E-state index in [4.69, 9.17) is 16.3 Å². The molecule has 1 aliphatic heterocycles. The number of methoxy groups -OCH3 is 1. The lowest BCUT2D eigenvalue weighted by Gasteiger charge is -2.22. The molecule has 0 aliphatic carbocycles. The fourth-order valence-electron chi connectivity index (χ4n) is 2.91. The molecule has 2 heterocycles. The minimum Gasteiger partial charge on any atom is -0.465 e. The van der Waals surface area contributed by atoms with Crippen molar-refractivity contribution < 1.29 is 19.2 Å². The number of carbonyl (C=O) groups is 2. The highest BCUT2D eigenvalue weighted by Gasteiger charge is 2.28. The molecule has 0 fully saturated rings. The maximum atomic E-state index is 12.6. The number of amides is 1. The number of nitro benzene ring substituents is 1. The second kappa shape index (κ2) is 7.63. The van der Waals surface area contributed by atoms with Crippen molar-refractivity contribution in [3.8, 4) is 0 Å². The smallest absolute Gasteiger partial charge is 0.341 e. The molecule has 0 radical (unpaired) electrons. The summed E-state index contributed by atoms with van der Waals surface area (Å²) in [7, 11) is 3.26. The topological polar surface area (TPSA) is 102 Å². The van der Waals surface area contributed by atoms with Crippen molar-refractivity contribution in [2.75, 3.05) is 26.0 Å². The predicted molar refractivity (Wildman–Crippen MR) is 102 cm³/mol. The molecule has 0 saturated carbocycles. The Kier molecular flexibility index (Phi) is 5.45. The summed E-state index contributed by atoms with van der Waals surface area (Å²) in [5, 5.41) is 14.0. The number of benzene rings is 1. The number of hydrogen-bond acceptors (Lipinski definition) is 7. The first-order chi connectivity index (χ1) is 12.8. The lowest BCUT2D eigenvalue weighted by molar-refractivity contribution is -0.384. The van der Waals surface area contributed by atoms with Crippen molar-refractivity contribution in [3.05, 3.63) is 54.9 Å². The molecule has 1 aromatic heterocycles. The van der Waals surface area contributed by atoms with Gasteiger partial charge < -0.3 is 15.0 Å². The van der Waals surface area contributed by atoms with E-state index < -0.39 is 16.8 Å². The molecular formula is C17H16ClN3O5S. The highest BCUT2D eigenvalue weighted by Crippen LogP contribution is 2.37. The quantitative estimate of drug-likeness (QED) is 0.472. The molecular weight excluding hydrogens is 394 g/mol. The van der Waals surface area contributed by atoms with Crippen LogP contribution in [-0.2, 0) is 17.7 Å². The summed E-state index contributed by atoms with van der Waals surface area (Å²) in [6, 6.07) is 3.80. The van der Waals surface area contributed by atoms with E-state index >= 15 is 0 Å². The van der Waals surface area contributed by atoms with Crippen molar-refractivity contribution in [2.24, 2.45) is 0 Å². The Morgan fingerprint density at radius 3 is 2.81 bits per heavy atom. The average Bonchev–Trinajstić information content (AvgIpc) is 2.97. The van der Waals surface area contributed by atoms with E-state index in [1.165, 1.54) is 30.6 Å². The number of nitro groups is 1. The Labute approximate surface area is 163 Å². The molecule has 2 aromatic rings. The third-order valence-electron chi connectivity index (χ3n) is 4.27. The maximum Gasteiger partial charge on any atom is 0.341 e. The van der Waals surface area contributed by atoms with E-state index in [0.717, 1.165) is 23.1 Å². The van der Waals surface area contributed by atoms with Gasteiger partial charge in [-0.25, -0.2) is 4.79 Å². The average molecular weight is 410 g/mol. The molecule has 1 N–H and O–H groups in total. The number of fused-ring (bicyclic) bond motifs is 1. The largest absolute Gasteiger partial charge is 0.465 e. The number of hydrogen-bond donors (Lipinski definition) is 1. The van der Waals surface area contributed by atoms with Gasteiger partial charge in [-0.15, -0.1) is 11.3 Å². The molecule has 1 aromatic carbocycles. The fraction of sp³-hybridized carbons (Fsp3) is 0.294. The lowest BCUT2D eigenvalue weighted by atomic mass is 10.0. The van der Waals surface area contributed by atoms with Crippen molar-refractivity contribution >= 4 is 45.5 Å². The maximum absolute atomic E-state index is 12.6. The van der Waals surface area contributed by atoms with Crippen LogP contribution in [0.4, 0.5) is 10.7 Å². The monoisotopic (exact) mass is 409 g/mol. The number of rotatable bonds is 4. The van der Waals surface area contributed by atoms with E-state index in [1.54, 1.807) is 0 Å². The van der Waals surface area contributed by atoms with Crippen LogP contribution in [0.5, 0.6) is 0 Å². The van der Waals surface area contributed by atoms with Gasteiger partial charge in [0.25, 0.3) is 11.6 Å². The molecule has 0 spiro atoms. The van der Waals surface area contributed by atoms with E-state index in [9.17, 15) is 19.7 Å². The summed E-state index contributed by atoms with van der Waals surface area (Å²) in [5.41, 5.74) is 0.944. The van der Waals surface area contributed by atoms with Gasteiger partial charge in [-0.2, -0.15) is 0 Å². The molecule has 27 heavy (non-hydrogen) atoms. The van der Waals surface area contributed by atoms with Crippen LogP contribution in [0.3, 0.4) is 0 Å². The van der Waals surface area contributed by atoms with Gasteiger partial charge in [0.2, 0.25) is 0 Å². The Morgan fingerprint density at radius 1 is 1.41 bits per heavy atom. The number of halogens is 1. The van der Waals surface area contributed by atoms with Crippen molar-refractivity contribution in [2.45, 2.75) is 13.0 Å². The Morgan fingerprint density at radius 2 is 2.15 bits per heavy atom. The third kappa shape index (κ3) is 3.80. The molecule has 0 unspecified atom stereocenters. The zero-order valence-corrected chi connectivity index (χ0v) is 16.1. The van der Waals surface area contributed by atoms with Crippen molar-refractivity contribution in [1.82, 2.24) is 4.90 Å². The number of esters is 1. The second-order valence-electron chi connectivity index (χ2n) is 6.06. The molecule has 142 valence electrons. The van der Waals surface area contributed by atoms with Crippen LogP contribution in [-0.4, -0.2) is 42.4 Å². The van der Waals surface area contributed by atoms with Gasteiger partial charge in [0, 0.05) is 29.6 Å². The Bertz CT molecular complexity index is 943. The Hall–Kier alpha value is -2.49. The van der Waals surface area contributed by atoms with E-state index in [0.29, 0.717) is 23.5 Å². The molecule has 1 aliphatic rings. The summed E-state index contributed by atoms with van der Waals surface area (Å²) >= 11 is 7.10. The Balaban J connectivity index is 1.96. The van der Waals surface area contributed by atoms with Gasteiger partial charge in [-0.3, -0.25) is 14.9 Å². The lowest BCUT2D eigenvalue weighted by Crippen LogP contribution is -2.26. The van der Waals surface area contributed by atoms with Gasteiger partial charge in [0.1, 0.15) is 10.0 Å². The van der Waals surface area contributed by atoms with Crippen LogP contribution in [0.15, 0.2) is 18.2 Å². The van der Waals surface area contributed by atoms with Gasteiger partial charge >= 0.3 is 5.97 Å². The highest BCUT2D eigenvalue weighted by molar-refractivity contribution is 7.17. The second-order valence-corrected chi connectivity index (χ2v) is 7.58. The van der Waals surface area contributed by atoms with Crippen LogP contribution >= 0.6 is 22.9 Å². The molecule has 0 bridgehead atoms. The predicted octanol–water partition coefficient (Wildman–Crippen LogP) is 3.34.